The number of rotatable bonds is 3. The Hall–Kier alpha value is 0.0100. The molecule has 0 bridgehead atoms. The molecule has 1 N–H and O–H groups in total. The predicted molar refractivity (Wildman–Crippen MR) is 107 cm³/mol. The molecule has 2 aromatic carbocycles. The summed E-state index contributed by atoms with van der Waals surface area (Å²) in [6, 6.07) is 8.84. The van der Waals surface area contributed by atoms with Gasteiger partial charge in [-0.2, -0.15) is 0 Å². The van der Waals surface area contributed by atoms with Crippen molar-refractivity contribution < 1.29 is 17.8 Å². The zero-order valence-electron chi connectivity index (χ0n) is 10.6. The monoisotopic (exact) mass is 654 g/mol. The molecule has 0 saturated heterocycles. The van der Waals surface area contributed by atoms with Gasteiger partial charge in [0.15, 0.2) is 0 Å². The molecule has 22 heavy (non-hydrogen) atoms. The van der Waals surface area contributed by atoms with E-state index in [0.717, 1.165) is 10.7 Å². The summed E-state index contributed by atoms with van der Waals surface area (Å²) in [6.07, 6.45) is 0. The lowest BCUT2D eigenvalue weighted by atomic mass is 10.2. The van der Waals surface area contributed by atoms with Crippen LogP contribution in [0, 0.1) is 10.7 Å². The fourth-order valence-electron chi connectivity index (χ4n) is 1.62. The van der Waals surface area contributed by atoms with Gasteiger partial charge in [-0.15, -0.1) is 0 Å². The van der Waals surface area contributed by atoms with Gasteiger partial charge in [-0.05, 0) is 104 Å². The summed E-state index contributed by atoms with van der Waals surface area (Å²) in [5.74, 6) is -0.293. The van der Waals surface area contributed by atoms with E-state index in [9.17, 15) is 17.8 Å². The first kappa shape index (κ1) is 18.4. The quantitative estimate of drug-likeness (QED) is 0.312. The van der Waals surface area contributed by atoms with E-state index in [1.165, 1.54) is 24.3 Å². The first-order valence-electron chi connectivity index (χ1n) is 5.70. The zero-order valence-corrected chi connectivity index (χ0v) is 17.9. The molecule has 0 heterocycles. The van der Waals surface area contributed by atoms with Gasteiger partial charge in [-0.25, -0.2) is 8.42 Å². The highest BCUT2D eigenvalue weighted by Gasteiger charge is 2.14. The molecule has 0 aliphatic rings. The number of carbonyl (C=O) groups excluding carboxylic acids is 1. The molecule has 0 saturated carbocycles. The average molecular weight is 654 g/mol. The first-order chi connectivity index (χ1) is 10.2. The van der Waals surface area contributed by atoms with Gasteiger partial charge in [-0.3, -0.25) is 4.79 Å². The fourth-order valence-corrected chi connectivity index (χ4v) is 4.50. The third-order valence-electron chi connectivity index (χ3n) is 2.64. The Morgan fingerprint density at radius 3 is 2.18 bits per heavy atom. The largest absolute Gasteiger partial charge is 0.744 e. The Kier molecular flexibility index (Phi) is 6.07. The fraction of sp³-hybridized carbons (Fsp3) is 0. The van der Waals surface area contributed by atoms with Gasteiger partial charge in [0.25, 0.3) is 5.91 Å². The normalized spacial score (nSPS) is 11.3. The van der Waals surface area contributed by atoms with Crippen LogP contribution in [0.15, 0.2) is 41.3 Å². The summed E-state index contributed by atoms with van der Waals surface area (Å²) < 4.78 is 35.3. The molecule has 0 unspecified atom stereocenters. The van der Waals surface area contributed by atoms with Gasteiger partial charge in [0, 0.05) is 16.4 Å². The number of amides is 1. The zero-order chi connectivity index (χ0) is 16.5. The molecule has 2 aromatic rings. The Bertz CT molecular complexity index is 835. The van der Waals surface area contributed by atoms with Crippen molar-refractivity contribution in [1.29, 1.82) is 0 Å². The summed E-state index contributed by atoms with van der Waals surface area (Å²) in [5, 5.41) is 2.68. The summed E-state index contributed by atoms with van der Waals surface area (Å²) in [6.45, 7) is 0. The number of hydrogen-bond donors (Lipinski definition) is 1. The lowest BCUT2D eigenvalue weighted by Crippen LogP contribution is -2.14. The van der Waals surface area contributed by atoms with Gasteiger partial charge in [0.2, 0.25) is 0 Å². The van der Waals surface area contributed by atoms with E-state index in [0.29, 0.717) is 11.3 Å². The van der Waals surface area contributed by atoms with Crippen LogP contribution in [-0.2, 0) is 10.1 Å². The van der Waals surface area contributed by atoms with Crippen molar-refractivity contribution in [2.24, 2.45) is 0 Å². The van der Waals surface area contributed by atoms with Crippen LogP contribution in [0.5, 0.6) is 0 Å². The van der Waals surface area contributed by atoms with E-state index < -0.39 is 10.1 Å². The highest BCUT2D eigenvalue weighted by Crippen LogP contribution is 2.24. The standard InChI is InChI=1S/C13H8I3NO4S/c14-7-5-10(12(16)11(15)6-7)13(18)17-8-1-3-9(4-2-8)22(19,20)21/h1-6H,(H,17,18)(H,19,20,21)/p-1. The lowest BCUT2D eigenvalue weighted by molar-refractivity contribution is 0.102. The second-order valence-corrected chi connectivity index (χ2v) is 9.05. The Morgan fingerprint density at radius 2 is 1.64 bits per heavy atom. The van der Waals surface area contributed by atoms with E-state index in [-0.39, 0.29) is 10.8 Å². The molecule has 0 spiro atoms. The number of nitrogens with one attached hydrogen (secondary N) is 1. The molecule has 0 radical (unpaired) electrons. The topological polar surface area (TPSA) is 86.3 Å². The van der Waals surface area contributed by atoms with Crippen LogP contribution < -0.4 is 5.32 Å². The lowest BCUT2D eigenvalue weighted by Gasteiger charge is -2.11. The maximum Gasteiger partial charge on any atom is 0.256 e. The predicted octanol–water partition coefficient (Wildman–Crippen LogP) is 3.66. The molecule has 5 nitrogen and oxygen atoms in total. The van der Waals surface area contributed by atoms with E-state index >= 15 is 0 Å². The van der Waals surface area contributed by atoms with Crippen molar-refractivity contribution >= 4 is 89.5 Å². The Balaban J connectivity index is 2.26. The molecule has 9 heteroatoms. The van der Waals surface area contributed by atoms with Crippen LogP contribution in [0.3, 0.4) is 0 Å². The third-order valence-corrected chi connectivity index (χ3v) is 7.16. The smallest absolute Gasteiger partial charge is 0.256 e. The highest BCUT2D eigenvalue weighted by molar-refractivity contribution is 14.1. The van der Waals surface area contributed by atoms with Gasteiger partial charge >= 0.3 is 0 Å². The second-order valence-electron chi connectivity index (χ2n) is 4.18. The molecule has 0 atom stereocenters. The van der Waals surface area contributed by atoms with Crippen molar-refractivity contribution in [2.75, 3.05) is 5.32 Å². The van der Waals surface area contributed by atoms with E-state index in [4.69, 9.17) is 0 Å². The minimum Gasteiger partial charge on any atom is -0.744 e. The van der Waals surface area contributed by atoms with Gasteiger partial charge in [-0.1, -0.05) is 0 Å². The summed E-state index contributed by atoms with van der Waals surface area (Å²) >= 11 is 6.40. The summed E-state index contributed by atoms with van der Waals surface area (Å²) in [7, 11) is -4.48. The van der Waals surface area contributed by atoms with Crippen LogP contribution in [-0.4, -0.2) is 18.9 Å². The molecule has 2 rings (SSSR count). The number of halogens is 3. The minimum absolute atomic E-state index is 0.293. The summed E-state index contributed by atoms with van der Waals surface area (Å²) in [5.41, 5.74) is 0.958. The SMILES string of the molecule is O=C(Nc1ccc(S(=O)(=O)[O-])cc1)c1cc(I)cc(I)c1I. The number of benzene rings is 2. The van der Waals surface area contributed by atoms with Gasteiger partial charge < -0.3 is 9.87 Å². The maximum absolute atomic E-state index is 12.3. The molecule has 0 aliphatic carbocycles. The third kappa shape index (κ3) is 4.52. The molecule has 0 fully saturated rings. The highest BCUT2D eigenvalue weighted by atomic mass is 127. The van der Waals surface area contributed by atoms with Crippen molar-refractivity contribution in [2.45, 2.75) is 4.90 Å². The molecule has 0 aromatic heterocycles. The number of anilines is 1. The van der Waals surface area contributed by atoms with Crippen molar-refractivity contribution in [3.05, 3.63) is 52.7 Å². The van der Waals surface area contributed by atoms with Crippen LogP contribution in [0.1, 0.15) is 10.4 Å². The molecular weight excluding hydrogens is 647 g/mol. The van der Waals surface area contributed by atoms with E-state index in [1.807, 2.05) is 6.07 Å². The second kappa shape index (κ2) is 7.27. The van der Waals surface area contributed by atoms with Crippen LogP contribution in [0.4, 0.5) is 5.69 Å². The molecule has 0 aliphatic heterocycles. The van der Waals surface area contributed by atoms with Gasteiger partial charge in [0.1, 0.15) is 10.1 Å². The average Bonchev–Trinajstić information content (AvgIpc) is 2.42. The van der Waals surface area contributed by atoms with Gasteiger partial charge in [0.05, 0.1) is 10.5 Å². The van der Waals surface area contributed by atoms with Crippen LogP contribution in [0.25, 0.3) is 0 Å². The number of hydrogen-bond acceptors (Lipinski definition) is 4. The van der Waals surface area contributed by atoms with E-state index in [2.05, 4.69) is 73.1 Å². The van der Waals surface area contributed by atoms with Crippen molar-refractivity contribution in [1.82, 2.24) is 0 Å². The van der Waals surface area contributed by atoms with Crippen molar-refractivity contribution in [3.8, 4) is 0 Å². The first-order valence-corrected chi connectivity index (χ1v) is 10.3. The summed E-state index contributed by atoms with van der Waals surface area (Å²) in [4.78, 5) is 12.0. The molecule has 116 valence electrons. The minimum atomic E-state index is -4.48. The number of carbonyl (C=O) groups is 1. The molecular formula is C13H7I3NO4S-. The van der Waals surface area contributed by atoms with Crippen LogP contribution >= 0.6 is 67.8 Å². The van der Waals surface area contributed by atoms with E-state index in [1.54, 1.807) is 6.07 Å². The molecule has 1 amide bonds. The maximum atomic E-state index is 12.3. The Morgan fingerprint density at radius 1 is 1.05 bits per heavy atom. The Labute approximate surface area is 168 Å². The van der Waals surface area contributed by atoms with Crippen LogP contribution in [0.2, 0.25) is 0 Å². The van der Waals surface area contributed by atoms with Crippen molar-refractivity contribution in [3.63, 3.8) is 0 Å².